The number of ether oxygens (including phenoxy) is 1. The zero-order valence-corrected chi connectivity index (χ0v) is 15.8. The molecule has 0 aromatic heterocycles. The highest BCUT2D eigenvalue weighted by Gasteiger charge is 2.41. The third-order valence-electron chi connectivity index (χ3n) is 6.19. The van der Waals surface area contributed by atoms with Gasteiger partial charge in [0.1, 0.15) is 6.04 Å². The molecule has 1 aliphatic carbocycles. The summed E-state index contributed by atoms with van der Waals surface area (Å²) in [5.41, 5.74) is 0. The number of carbonyl (C=O) groups is 3. The van der Waals surface area contributed by atoms with E-state index in [1.807, 2.05) is 0 Å². The lowest BCUT2D eigenvalue weighted by atomic mass is 9.87. The number of esters is 1. The fourth-order valence-electron chi connectivity index (χ4n) is 4.60. The van der Waals surface area contributed by atoms with Gasteiger partial charge in [0.05, 0.1) is 26.7 Å². The summed E-state index contributed by atoms with van der Waals surface area (Å²) in [5.74, 6) is -0.134. The molecule has 0 spiro atoms. The minimum atomic E-state index is -0.665. The van der Waals surface area contributed by atoms with Crippen LogP contribution in [0.1, 0.15) is 44.9 Å². The summed E-state index contributed by atoms with van der Waals surface area (Å²) in [7, 11) is 1.35. The van der Waals surface area contributed by atoms with Gasteiger partial charge < -0.3 is 19.9 Å². The Kier molecular flexibility index (Phi) is 6.51. The Morgan fingerprint density at radius 1 is 0.885 bits per heavy atom. The first kappa shape index (κ1) is 19.1. The number of hydrogen-bond donors (Lipinski definition) is 1. The van der Waals surface area contributed by atoms with Gasteiger partial charge in [-0.15, -0.1) is 0 Å². The van der Waals surface area contributed by atoms with Crippen LogP contribution in [0.2, 0.25) is 0 Å². The van der Waals surface area contributed by atoms with E-state index in [1.54, 1.807) is 9.80 Å². The standard InChI is InChI=1S/C19H31N3O4/c1-26-19(25)16-13-21(17(23)15-7-9-20-10-8-15)11-12-22(16)18(24)14-5-3-2-4-6-14/h14-16,20H,2-13H2,1H3/p+1/t16-/m0/s1. The van der Waals surface area contributed by atoms with Crippen molar-refractivity contribution in [2.45, 2.75) is 51.0 Å². The molecule has 0 aromatic rings. The van der Waals surface area contributed by atoms with Gasteiger partial charge in [-0.05, 0) is 12.8 Å². The number of hydrogen-bond acceptors (Lipinski definition) is 4. The minimum Gasteiger partial charge on any atom is -0.467 e. The highest BCUT2D eigenvalue weighted by atomic mass is 16.5. The third-order valence-corrected chi connectivity index (χ3v) is 6.19. The first-order valence-electron chi connectivity index (χ1n) is 10.1. The molecule has 146 valence electrons. The molecular weight excluding hydrogens is 334 g/mol. The van der Waals surface area contributed by atoms with Crippen LogP contribution in [0.15, 0.2) is 0 Å². The highest BCUT2D eigenvalue weighted by Crippen LogP contribution is 2.27. The quantitative estimate of drug-likeness (QED) is 0.699. The Bertz CT molecular complexity index is 527. The molecule has 0 aromatic carbocycles. The Hall–Kier alpha value is -1.63. The Morgan fingerprint density at radius 2 is 1.54 bits per heavy atom. The summed E-state index contributed by atoms with van der Waals surface area (Å²) >= 11 is 0. The van der Waals surface area contributed by atoms with Crippen LogP contribution in [0.4, 0.5) is 0 Å². The normalized spacial score (nSPS) is 25.8. The molecule has 1 atom stereocenters. The number of carbonyl (C=O) groups excluding carboxylic acids is 3. The van der Waals surface area contributed by atoms with Crippen molar-refractivity contribution in [1.29, 1.82) is 0 Å². The molecule has 7 heteroatoms. The zero-order chi connectivity index (χ0) is 18.5. The van der Waals surface area contributed by atoms with Crippen LogP contribution < -0.4 is 5.32 Å². The predicted octanol–water partition coefficient (Wildman–Crippen LogP) is -0.247. The average Bonchev–Trinajstić information content (AvgIpc) is 2.73. The van der Waals surface area contributed by atoms with Gasteiger partial charge in [0, 0.05) is 37.8 Å². The van der Waals surface area contributed by atoms with Gasteiger partial charge in [-0.1, -0.05) is 19.3 Å². The third kappa shape index (κ3) is 4.19. The number of methoxy groups -OCH3 is 1. The minimum absolute atomic E-state index is 0.0204. The number of piperidine rings is 1. The molecule has 2 saturated heterocycles. The molecule has 3 aliphatic rings. The van der Waals surface area contributed by atoms with Gasteiger partial charge in [-0.2, -0.15) is 0 Å². The fraction of sp³-hybridized carbons (Fsp3) is 0.842. The fourth-order valence-corrected chi connectivity index (χ4v) is 4.60. The second-order valence-electron chi connectivity index (χ2n) is 7.83. The maximum absolute atomic E-state index is 13.0. The van der Waals surface area contributed by atoms with Crippen molar-refractivity contribution in [3.8, 4) is 0 Å². The van der Waals surface area contributed by atoms with Crippen molar-refractivity contribution in [3.05, 3.63) is 0 Å². The van der Waals surface area contributed by atoms with Crippen molar-refractivity contribution in [3.63, 3.8) is 0 Å². The maximum Gasteiger partial charge on any atom is 0.330 e. The first-order valence-corrected chi connectivity index (χ1v) is 10.1. The van der Waals surface area contributed by atoms with Gasteiger partial charge >= 0.3 is 5.97 Å². The van der Waals surface area contributed by atoms with Crippen LogP contribution >= 0.6 is 0 Å². The van der Waals surface area contributed by atoms with E-state index in [0.29, 0.717) is 13.1 Å². The van der Waals surface area contributed by atoms with Crippen LogP contribution in [-0.4, -0.2) is 73.5 Å². The number of nitrogens with two attached hydrogens (primary N) is 1. The number of nitrogens with zero attached hydrogens (tertiary/aromatic N) is 2. The largest absolute Gasteiger partial charge is 0.467 e. The number of rotatable bonds is 3. The topological polar surface area (TPSA) is 83.5 Å². The van der Waals surface area contributed by atoms with E-state index in [2.05, 4.69) is 5.32 Å². The van der Waals surface area contributed by atoms with Crippen molar-refractivity contribution in [2.75, 3.05) is 39.8 Å². The Labute approximate surface area is 155 Å². The SMILES string of the molecule is COC(=O)[C@@H]1CN(C(=O)C2CC[NH2+]CC2)CCN1C(=O)C1CCCCC1. The predicted molar refractivity (Wildman–Crippen MR) is 95.1 cm³/mol. The molecule has 0 unspecified atom stereocenters. The van der Waals surface area contributed by atoms with E-state index in [9.17, 15) is 14.4 Å². The Morgan fingerprint density at radius 3 is 2.19 bits per heavy atom. The molecule has 3 fully saturated rings. The maximum atomic E-state index is 13.0. The molecule has 2 aliphatic heterocycles. The smallest absolute Gasteiger partial charge is 0.330 e. The molecule has 2 N–H and O–H groups in total. The van der Waals surface area contributed by atoms with Crippen molar-refractivity contribution in [2.24, 2.45) is 11.8 Å². The lowest BCUT2D eigenvalue weighted by molar-refractivity contribution is -0.664. The summed E-state index contributed by atoms with van der Waals surface area (Å²) < 4.78 is 4.96. The van der Waals surface area contributed by atoms with Crippen LogP contribution in [0.5, 0.6) is 0 Å². The molecule has 1 saturated carbocycles. The second kappa shape index (κ2) is 8.84. The van der Waals surface area contributed by atoms with Crippen molar-refractivity contribution < 1.29 is 24.4 Å². The van der Waals surface area contributed by atoms with E-state index in [0.717, 1.165) is 51.6 Å². The summed E-state index contributed by atoms with van der Waals surface area (Å²) in [4.78, 5) is 41.6. The summed E-state index contributed by atoms with van der Waals surface area (Å²) in [6, 6.07) is -0.665. The van der Waals surface area contributed by atoms with Crippen LogP contribution in [-0.2, 0) is 19.1 Å². The van der Waals surface area contributed by atoms with E-state index >= 15 is 0 Å². The first-order chi connectivity index (χ1) is 12.6. The summed E-state index contributed by atoms with van der Waals surface area (Å²) in [6.07, 6.45) is 6.94. The van der Waals surface area contributed by atoms with Gasteiger partial charge in [-0.3, -0.25) is 9.59 Å². The molecule has 0 radical (unpaired) electrons. The zero-order valence-electron chi connectivity index (χ0n) is 15.8. The Balaban J connectivity index is 1.67. The molecule has 7 nitrogen and oxygen atoms in total. The van der Waals surface area contributed by atoms with Gasteiger partial charge in [0.25, 0.3) is 0 Å². The van der Waals surface area contributed by atoms with Gasteiger partial charge in [0.15, 0.2) is 0 Å². The highest BCUT2D eigenvalue weighted by molar-refractivity contribution is 5.87. The molecule has 2 amide bonds. The van der Waals surface area contributed by atoms with E-state index in [4.69, 9.17) is 4.74 Å². The molecule has 3 rings (SSSR count). The number of piperazine rings is 1. The summed E-state index contributed by atoms with van der Waals surface area (Å²) in [6.45, 7) is 3.18. The monoisotopic (exact) mass is 366 g/mol. The van der Waals surface area contributed by atoms with Crippen molar-refractivity contribution >= 4 is 17.8 Å². The molecule has 2 heterocycles. The van der Waals surface area contributed by atoms with Gasteiger partial charge in [0.2, 0.25) is 11.8 Å². The average molecular weight is 366 g/mol. The molecular formula is C19H32N3O4+. The number of quaternary nitrogens is 1. The number of amides is 2. The van der Waals surface area contributed by atoms with Crippen LogP contribution in [0, 0.1) is 11.8 Å². The summed E-state index contributed by atoms with van der Waals surface area (Å²) in [5, 5.41) is 2.24. The van der Waals surface area contributed by atoms with Crippen molar-refractivity contribution in [1.82, 2.24) is 9.80 Å². The lowest BCUT2D eigenvalue weighted by Gasteiger charge is -2.42. The van der Waals surface area contributed by atoms with E-state index in [-0.39, 0.29) is 30.2 Å². The van der Waals surface area contributed by atoms with Crippen LogP contribution in [0.25, 0.3) is 0 Å². The molecule has 0 bridgehead atoms. The van der Waals surface area contributed by atoms with Gasteiger partial charge in [-0.25, -0.2) is 4.79 Å². The van der Waals surface area contributed by atoms with E-state index in [1.165, 1.54) is 13.5 Å². The van der Waals surface area contributed by atoms with Crippen LogP contribution in [0.3, 0.4) is 0 Å². The lowest BCUT2D eigenvalue weighted by Crippen LogP contribution is -2.86. The van der Waals surface area contributed by atoms with E-state index < -0.39 is 12.0 Å². The second-order valence-corrected chi connectivity index (χ2v) is 7.83. The molecule has 26 heavy (non-hydrogen) atoms.